The number of piperidine rings is 3. The first kappa shape index (κ1) is 16.0. The van der Waals surface area contributed by atoms with E-state index < -0.39 is 0 Å². The van der Waals surface area contributed by atoms with E-state index >= 15 is 0 Å². The zero-order valence-electron chi connectivity index (χ0n) is 13.1. The first-order chi connectivity index (χ1) is 11.7. The van der Waals surface area contributed by atoms with Crippen LogP contribution in [-0.2, 0) is 0 Å². The molecule has 0 spiro atoms. The van der Waals surface area contributed by atoms with Gasteiger partial charge < -0.3 is 14.6 Å². The average Bonchev–Trinajstić information content (AvgIpc) is 3.01. The summed E-state index contributed by atoms with van der Waals surface area (Å²) in [6.07, 6.45) is 3.79. The van der Waals surface area contributed by atoms with Gasteiger partial charge in [0.25, 0.3) is 11.1 Å². The molecule has 0 unspecified atom stereocenters. The van der Waals surface area contributed by atoms with E-state index in [2.05, 4.69) is 15.2 Å². The van der Waals surface area contributed by atoms with Crippen LogP contribution in [0.1, 0.15) is 23.2 Å². The van der Waals surface area contributed by atoms with Gasteiger partial charge in [0.2, 0.25) is 0 Å². The van der Waals surface area contributed by atoms with Crippen molar-refractivity contribution in [3.8, 4) is 0 Å². The van der Waals surface area contributed by atoms with Gasteiger partial charge >= 0.3 is 0 Å². The van der Waals surface area contributed by atoms with Crippen LogP contribution < -0.4 is 5.32 Å². The van der Waals surface area contributed by atoms with Crippen molar-refractivity contribution in [2.24, 2.45) is 5.92 Å². The number of hydrogen-bond donors (Lipinski definition) is 1. The Morgan fingerprint density at radius 2 is 2.04 bits per heavy atom. The SMILES string of the molecule is O=C(N[C@H]1CN2CCC1CC2)c1ccc(Sc2nc(Cl)co2)cc1. The van der Waals surface area contributed by atoms with Gasteiger partial charge in [-0.15, -0.1) is 0 Å². The summed E-state index contributed by atoms with van der Waals surface area (Å²) >= 11 is 7.11. The number of halogens is 1. The van der Waals surface area contributed by atoms with E-state index in [0.717, 1.165) is 11.4 Å². The average molecular weight is 364 g/mol. The normalized spacial score (nSPS) is 25.6. The minimum absolute atomic E-state index is 0.00414. The van der Waals surface area contributed by atoms with Gasteiger partial charge in [-0.05, 0) is 67.9 Å². The molecule has 3 aliphatic rings. The predicted molar refractivity (Wildman–Crippen MR) is 92.5 cm³/mol. The van der Waals surface area contributed by atoms with Crippen molar-refractivity contribution in [2.45, 2.75) is 29.0 Å². The zero-order valence-corrected chi connectivity index (χ0v) is 14.6. The van der Waals surface area contributed by atoms with E-state index in [9.17, 15) is 4.79 Å². The number of carbonyl (C=O) groups is 1. The summed E-state index contributed by atoms with van der Waals surface area (Å²) in [5.41, 5.74) is 0.682. The van der Waals surface area contributed by atoms with Crippen LogP contribution in [0, 0.1) is 5.92 Å². The maximum atomic E-state index is 12.5. The smallest absolute Gasteiger partial charge is 0.261 e. The fourth-order valence-corrected chi connectivity index (χ4v) is 4.33. The summed E-state index contributed by atoms with van der Waals surface area (Å²) in [6.45, 7) is 3.33. The van der Waals surface area contributed by atoms with Gasteiger partial charge in [0.15, 0.2) is 5.15 Å². The van der Waals surface area contributed by atoms with Gasteiger partial charge in [-0.2, -0.15) is 4.98 Å². The molecule has 24 heavy (non-hydrogen) atoms. The largest absolute Gasteiger partial charge is 0.438 e. The van der Waals surface area contributed by atoms with Crippen molar-refractivity contribution in [1.82, 2.24) is 15.2 Å². The molecule has 1 amide bonds. The van der Waals surface area contributed by atoms with Gasteiger partial charge in [-0.1, -0.05) is 11.6 Å². The minimum atomic E-state index is 0.00414. The second kappa shape index (κ2) is 6.78. The Hall–Kier alpha value is -1.50. The van der Waals surface area contributed by atoms with E-state index in [0.29, 0.717) is 21.9 Å². The van der Waals surface area contributed by atoms with Gasteiger partial charge in [0, 0.05) is 23.0 Å². The van der Waals surface area contributed by atoms with E-state index in [1.807, 2.05) is 24.3 Å². The Morgan fingerprint density at radius 1 is 1.29 bits per heavy atom. The van der Waals surface area contributed by atoms with E-state index in [-0.39, 0.29) is 11.9 Å². The molecule has 1 aromatic carbocycles. The molecule has 3 fully saturated rings. The molecular formula is C17H18ClN3O2S. The molecule has 3 saturated heterocycles. The Bertz CT molecular complexity index is 726. The van der Waals surface area contributed by atoms with Crippen LogP contribution in [0.25, 0.3) is 0 Å². The van der Waals surface area contributed by atoms with Crippen molar-refractivity contribution in [3.05, 3.63) is 41.2 Å². The van der Waals surface area contributed by atoms with Gasteiger partial charge in [-0.3, -0.25) is 4.79 Å². The van der Waals surface area contributed by atoms with E-state index in [4.69, 9.17) is 16.0 Å². The van der Waals surface area contributed by atoms with E-state index in [1.165, 1.54) is 44.0 Å². The molecule has 2 bridgehead atoms. The lowest BCUT2D eigenvalue weighted by atomic mass is 9.84. The molecule has 2 aromatic rings. The highest BCUT2D eigenvalue weighted by molar-refractivity contribution is 7.99. The standard InChI is InChI=1S/C17H18ClN3O2S/c18-15-10-23-17(20-15)24-13-3-1-12(2-4-13)16(22)19-14-9-21-7-5-11(14)6-8-21/h1-4,10-11,14H,5-9H2,(H,19,22)/t14-/m0/s1. The second-order valence-corrected chi connectivity index (χ2v) is 7.69. The number of benzene rings is 1. The first-order valence-corrected chi connectivity index (χ1v) is 9.29. The highest BCUT2D eigenvalue weighted by Gasteiger charge is 2.34. The van der Waals surface area contributed by atoms with Crippen LogP contribution in [-0.4, -0.2) is 41.5 Å². The molecule has 4 heterocycles. The Labute approximate surface area is 149 Å². The Kier molecular flexibility index (Phi) is 4.52. The molecule has 1 aromatic heterocycles. The highest BCUT2D eigenvalue weighted by atomic mass is 35.5. The number of aromatic nitrogens is 1. The number of rotatable bonds is 4. The van der Waals surface area contributed by atoms with Crippen molar-refractivity contribution >= 4 is 29.3 Å². The molecular weight excluding hydrogens is 346 g/mol. The Morgan fingerprint density at radius 3 is 2.62 bits per heavy atom. The number of carbonyl (C=O) groups excluding carboxylic acids is 1. The fourth-order valence-electron chi connectivity index (χ4n) is 3.44. The van der Waals surface area contributed by atoms with Crippen LogP contribution in [0.3, 0.4) is 0 Å². The molecule has 126 valence electrons. The van der Waals surface area contributed by atoms with Crippen molar-refractivity contribution in [2.75, 3.05) is 19.6 Å². The van der Waals surface area contributed by atoms with Crippen LogP contribution >= 0.6 is 23.4 Å². The topological polar surface area (TPSA) is 58.4 Å². The summed E-state index contributed by atoms with van der Waals surface area (Å²) in [4.78, 5) is 19.9. The summed E-state index contributed by atoms with van der Waals surface area (Å²) in [5.74, 6) is 0.632. The number of nitrogens with one attached hydrogen (secondary N) is 1. The Balaban J connectivity index is 1.38. The summed E-state index contributed by atoms with van der Waals surface area (Å²) in [6, 6.07) is 7.75. The molecule has 7 heteroatoms. The molecule has 0 saturated carbocycles. The van der Waals surface area contributed by atoms with Crippen LogP contribution in [0.2, 0.25) is 5.15 Å². The summed E-state index contributed by atoms with van der Waals surface area (Å²) in [7, 11) is 0. The minimum Gasteiger partial charge on any atom is -0.438 e. The van der Waals surface area contributed by atoms with Crippen molar-refractivity contribution < 1.29 is 9.21 Å². The molecule has 1 atom stereocenters. The number of hydrogen-bond acceptors (Lipinski definition) is 5. The second-order valence-electron chi connectivity index (χ2n) is 6.28. The quantitative estimate of drug-likeness (QED) is 0.903. The lowest BCUT2D eigenvalue weighted by Gasteiger charge is -2.44. The molecule has 3 aliphatic heterocycles. The third-order valence-electron chi connectivity index (χ3n) is 4.75. The third-order valence-corrected chi connectivity index (χ3v) is 5.79. The monoisotopic (exact) mass is 363 g/mol. The lowest BCUT2D eigenvalue weighted by molar-refractivity contribution is 0.0620. The number of nitrogens with zero attached hydrogens (tertiary/aromatic N) is 2. The number of amides is 1. The van der Waals surface area contributed by atoms with E-state index in [1.54, 1.807) is 0 Å². The first-order valence-electron chi connectivity index (χ1n) is 8.09. The molecule has 1 N–H and O–H groups in total. The molecule has 5 rings (SSSR count). The van der Waals surface area contributed by atoms with Crippen LogP contribution in [0.5, 0.6) is 0 Å². The highest BCUT2D eigenvalue weighted by Crippen LogP contribution is 2.29. The summed E-state index contributed by atoms with van der Waals surface area (Å²) in [5, 5.41) is 4.03. The van der Waals surface area contributed by atoms with Crippen LogP contribution in [0.4, 0.5) is 0 Å². The zero-order chi connectivity index (χ0) is 16.5. The third kappa shape index (κ3) is 3.45. The number of oxazole rings is 1. The maximum absolute atomic E-state index is 12.5. The van der Waals surface area contributed by atoms with Crippen LogP contribution in [0.15, 0.2) is 45.1 Å². The molecule has 0 aliphatic carbocycles. The lowest BCUT2D eigenvalue weighted by Crippen LogP contribution is -2.57. The summed E-state index contributed by atoms with van der Waals surface area (Å²) < 4.78 is 5.21. The number of fused-ring (bicyclic) bond motifs is 3. The predicted octanol–water partition coefficient (Wildman–Crippen LogP) is 3.30. The molecule has 0 radical (unpaired) electrons. The fraction of sp³-hybridized carbons (Fsp3) is 0.412. The van der Waals surface area contributed by atoms with Crippen molar-refractivity contribution in [3.63, 3.8) is 0 Å². The molecule has 5 nitrogen and oxygen atoms in total. The van der Waals surface area contributed by atoms with Gasteiger partial charge in [0.05, 0.1) is 0 Å². The van der Waals surface area contributed by atoms with Gasteiger partial charge in [0.1, 0.15) is 6.26 Å². The maximum Gasteiger partial charge on any atom is 0.261 e. The van der Waals surface area contributed by atoms with Crippen molar-refractivity contribution in [1.29, 1.82) is 0 Å². The van der Waals surface area contributed by atoms with Gasteiger partial charge in [-0.25, -0.2) is 0 Å².